The van der Waals surface area contributed by atoms with Crippen LogP contribution in [0.15, 0.2) is 60.7 Å². The summed E-state index contributed by atoms with van der Waals surface area (Å²) >= 11 is 1.32. The Balaban J connectivity index is 1.74. The molecule has 0 amide bonds. The standard InChI is InChI=1S/C17H11N3OS/c21-13-8-5-12(6-9-13)16-19-17(22-20-16)15-10-7-11-3-1-2-4-14(11)18-15/h1-10,21H. The van der Waals surface area contributed by atoms with Crippen LogP contribution in [-0.4, -0.2) is 19.4 Å². The van der Waals surface area contributed by atoms with Crippen molar-refractivity contribution >= 4 is 22.4 Å². The molecule has 0 fully saturated rings. The third-order valence-corrected chi connectivity index (χ3v) is 4.11. The SMILES string of the molecule is Oc1ccc(-c2nsc(-c3ccc4ccccc4n3)n2)cc1. The highest BCUT2D eigenvalue weighted by atomic mass is 32.1. The fraction of sp³-hybridized carbons (Fsp3) is 0. The molecule has 0 spiro atoms. The summed E-state index contributed by atoms with van der Waals surface area (Å²) in [4.78, 5) is 9.18. The molecular weight excluding hydrogens is 294 g/mol. The van der Waals surface area contributed by atoms with E-state index in [4.69, 9.17) is 0 Å². The van der Waals surface area contributed by atoms with Gasteiger partial charge in [0.1, 0.15) is 11.4 Å². The van der Waals surface area contributed by atoms with Gasteiger partial charge in [0.2, 0.25) is 0 Å². The molecule has 4 nitrogen and oxygen atoms in total. The van der Waals surface area contributed by atoms with E-state index in [-0.39, 0.29) is 5.75 Å². The smallest absolute Gasteiger partial charge is 0.173 e. The molecule has 0 saturated carbocycles. The Morgan fingerprint density at radius 1 is 0.818 bits per heavy atom. The maximum atomic E-state index is 9.34. The van der Waals surface area contributed by atoms with Gasteiger partial charge in [-0.05, 0) is 47.9 Å². The summed E-state index contributed by atoms with van der Waals surface area (Å²) in [7, 11) is 0. The third-order valence-electron chi connectivity index (χ3n) is 3.37. The van der Waals surface area contributed by atoms with Gasteiger partial charge in [-0.25, -0.2) is 9.97 Å². The Morgan fingerprint density at radius 3 is 2.50 bits per heavy atom. The van der Waals surface area contributed by atoms with E-state index in [0.29, 0.717) is 5.82 Å². The first kappa shape index (κ1) is 12.9. The molecule has 0 saturated heterocycles. The summed E-state index contributed by atoms with van der Waals surface area (Å²) in [6.45, 7) is 0. The van der Waals surface area contributed by atoms with E-state index in [1.807, 2.05) is 36.4 Å². The maximum absolute atomic E-state index is 9.34. The molecule has 2 aromatic carbocycles. The van der Waals surface area contributed by atoms with Crippen LogP contribution < -0.4 is 0 Å². The molecule has 0 aliphatic carbocycles. The number of aromatic hydroxyl groups is 1. The number of fused-ring (bicyclic) bond motifs is 1. The Bertz CT molecular complexity index is 947. The van der Waals surface area contributed by atoms with Crippen molar-refractivity contribution in [3.05, 3.63) is 60.7 Å². The quantitative estimate of drug-likeness (QED) is 0.605. The number of hydrogen-bond acceptors (Lipinski definition) is 5. The monoisotopic (exact) mass is 305 g/mol. The van der Waals surface area contributed by atoms with E-state index in [1.165, 1.54) is 11.5 Å². The molecule has 106 valence electrons. The molecule has 0 aliphatic heterocycles. The summed E-state index contributed by atoms with van der Waals surface area (Å²) in [5, 5.41) is 11.2. The number of hydrogen-bond donors (Lipinski definition) is 1. The highest BCUT2D eigenvalue weighted by molar-refractivity contribution is 7.09. The molecule has 0 bridgehead atoms. The maximum Gasteiger partial charge on any atom is 0.173 e. The lowest BCUT2D eigenvalue weighted by Crippen LogP contribution is -1.85. The molecule has 4 aromatic rings. The van der Waals surface area contributed by atoms with Crippen LogP contribution in [0.5, 0.6) is 5.75 Å². The Kier molecular flexibility index (Phi) is 3.05. The molecule has 2 heterocycles. The molecule has 0 atom stereocenters. The number of para-hydroxylation sites is 1. The van der Waals surface area contributed by atoms with E-state index in [1.54, 1.807) is 24.3 Å². The normalized spacial score (nSPS) is 10.9. The lowest BCUT2D eigenvalue weighted by Gasteiger charge is -1.99. The van der Waals surface area contributed by atoms with Crippen LogP contribution in [0.3, 0.4) is 0 Å². The fourth-order valence-electron chi connectivity index (χ4n) is 2.24. The molecule has 0 radical (unpaired) electrons. The van der Waals surface area contributed by atoms with Crippen LogP contribution in [0.4, 0.5) is 0 Å². The van der Waals surface area contributed by atoms with E-state index >= 15 is 0 Å². The Morgan fingerprint density at radius 2 is 1.64 bits per heavy atom. The minimum absolute atomic E-state index is 0.232. The van der Waals surface area contributed by atoms with E-state index < -0.39 is 0 Å². The number of phenols is 1. The van der Waals surface area contributed by atoms with Gasteiger partial charge in [0.25, 0.3) is 0 Å². The van der Waals surface area contributed by atoms with Crippen LogP contribution in [0.2, 0.25) is 0 Å². The van der Waals surface area contributed by atoms with Crippen molar-refractivity contribution in [2.75, 3.05) is 0 Å². The van der Waals surface area contributed by atoms with Crippen molar-refractivity contribution in [1.29, 1.82) is 0 Å². The summed E-state index contributed by atoms with van der Waals surface area (Å²) in [6, 6.07) is 18.9. The number of nitrogens with zero attached hydrogens (tertiary/aromatic N) is 3. The van der Waals surface area contributed by atoms with Crippen molar-refractivity contribution in [3.8, 4) is 27.8 Å². The topological polar surface area (TPSA) is 58.9 Å². The molecule has 2 aromatic heterocycles. The van der Waals surface area contributed by atoms with Gasteiger partial charge < -0.3 is 5.11 Å². The number of aromatic nitrogens is 3. The molecule has 22 heavy (non-hydrogen) atoms. The zero-order valence-corrected chi connectivity index (χ0v) is 12.3. The summed E-state index contributed by atoms with van der Waals surface area (Å²) in [5.74, 6) is 0.880. The summed E-state index contributed by atoms with van der Waals surface area (Å²) in [5.41, 5.74) is 2.64. The highest BCUT2D eigenvalue weighted by Crippen LogP contribution is 2.27. The Labute approximate surface area is 130 Å². The van der Waals surface area contributed by atoms with Crippen LogP contribution in [0.25, 0.3) is 33.0 Å². The number of rotatable bonds is 2. The second-order valence-electron chi connectivity index (χ2n) is 4.86. The van der Waals surface area contributed by atoms with Crippen molar-refractivity contribution < 1.29 is 5.11 Å². The minimum atomic E-state index is 0.232. The lowest BCUT2D eigenvalue weighted by molar-refractivity contribution is 0.475. The van der Waals surface area contributed by atoms with Crippen molar-refractivity contribution in [3.63, 3.8) is 0 Å². The minimum Gasteiger partial charge on any atom is -0.508 e. The van der Waals surface area contributed by atoms with Crippen LogP contribution >= 0.6 is 11.5 Å². The molecular formula is C17H11N3OS. The number of benzene rings is 2. The van der Waals surface area contributed by atoms with Gasteiger partial charge in [0, 0.05) is 10.9 Å². The van der Waals surface area contributed by atoms with Crippen LogP contribution in [-0.2, 0) is 0 Å². The van der Waals surface area contributed by atoms with Crippen molar-refractivity contribution in [2.45, 2.75) is 0 Å². The summed E-state index contributed by atoms with van der Waals surface area (Å²) in [6.07, 6.45) is 0. The largest absolute Gasteiger partial charge is 0.508 e. The first-order chi connectivity index (χ1) is 10.8. The van der Waals surface area contributed by atoms with Crippen LogP contribution in [0, 0.1) is 0 Å². The van der Waals surface area contributed by atoms with Gasteiger partial charge in [-0.3, -0.25) is 0 Å². The molecule has 0 unspecified atom stereocenters. The van der Waals surface area contributed by atoms with Gasteiger partial charge in [-0.1, -0.05) is 24.3 Å². The fourth-order valence-corrected chi connectivity index (χ4v) is 2.89. The van der Waals surface area contributed by atoms with Gasteiger partial charge in [0.05, 0.1) is 5.52 Å². The second-order valence-corrected chi connectivity index (χ2v) is 5.61. The van der Waals surface area contributed by atoms with E-state index in [9.17, 15) is 5.11 Å². The first-order valence-corrected chi connectivity index (χ1v) is 7.56. The Hall–Kier alpha value is -2.79. The van der Waals surface area contributed by atoms with Gasteiger partial charge >= 0.3 is 0 Å². The number of phenolic OH excluding ortho intramolecular Hbond substituents is 1. The highest BCUT2D eigenvalue weighted by Gasteiger charge is 2.10. The van der Waals surface area contributed by atoms with E-state index in [0.717, 1.165) is 27.2 Å². The molecule has 1 N–H and O–H groups in total. The van der Waals surface area contributed by atoms with Crippen LogP contribution in [0.1, 0.15) is 0 Å². The van der Waals surface area contributed by atoms with Gasteiger partial charge in [-0.15, -0.1) is 0 Å². The summed E-state index contributed by atoms with van der Waals surface area (Å²) < 4.78 is 4.38. The predicted octanol–water partition coefficient (Wildman–Crippen LogP) is 4.13. The average molecular weight is 305 g/mol. The molecule has 0 aliphatic rings. The number of pyridine rings is 1. The average Bonchev–Trinajstić information content (AvgIpc) is 3.05. The zero-order valence-electron chi connectivity index (χ0n) is 11.5. The van der Waals surface area contributed by atoms with Crippen molar-refractivity contribution in [2.24, 2.45) is 0 Å². The van der Waals surface area contributed by atoms with E-state index in [2.05, 4.69) is 14.3 Å². The predicted molar refractivity (Wildman–Crippen MR) is 87.7 cm³/mol. The lowest BCUT2D eigenvalue weighted by atomic mass is 10.2. The molecule has 5 heteroatoms. The first-order valence-electron chi connectivity index (χ1n) is 6.79. The van der Waals surface area contributed by atoms with Crippen molar-refractivity contribution in [1.82, 2.24) is 14.3 Å². The van der Waals surface area contributed by atoms with Gasteiger partial charge in [-0.2, -0.15) is 4.37 Å². The second kappa shape index (κ2) is 5.20. The molecule has 4 rings (SSSR count). The van der Waals surface area contributed by atoms with Gasteiger partial charge in [0.15, 0.2) is 10.8 Å². The third kappa shape index (κ3) is 2.31. The zero-order chi connectivity index (χ0) is 14.9.